The van der Waals surface area contributed by atoms with Crippen molar-refractivity contribution < 1.29 is 9.72 Å². The molecule has 3 aromatic carbocycles. The minimum absolute atomic E-state index is 0.0279. The molecule has 0 spiro atoms. The van der Waals surface area contributed by atoms with Gasteiger partial charge in [0, 0.05) is 23.7 Å². The molecule has 1 fully saturated rings. The van der Waals surface area contributed by atoms with Crippen LogP contribution in [0, 0.1) is 10.1 Å². The van der Waals surface area contributed by atoms with Gasteiger partial charge >= 0.3 is 0 Å². The lowest BCUT2D eigenvalue weighted by Gasteiger charge is -2.27. The van der Waals surface area contributed by atoms with Gasteiger partial charge in [-0.3, -0.25) is 19.8 Å². The number of amides is 1. The van der Waals surface area contributed by atoms with Crippen LogP contribution in [0.3, 0.4) is 0 Å². The molecule has 0 unspecified atom stereocenters. The van der Waals surface area contributed by atoms with Crippen molar-refractivity contribution in [3.05, 3.63) is 111 Å². The third kappa shape index (κ3) is 4.69. The van der Waals surface area contributed by atoms with E-state index in [2.05, 4.69) is 5.10 Å². The van der Waals surface area contributed by atoms with Crippen molar-refractivity contribution in [1.29, 1.82) is 0 Å². The number of hydrogen-bond donors (Lipinski definition) is 0. The second-order valence-electron chi connectivity index (χ2n) is 7.55. The summed E-state index contributed by atoms with van der Waals surface area (Å²) in [6.45, 7) is 2.48. The van der Waals surface area contributed by atoms with Crippen molar-refractivity contribution in [1.82, 2.24) is 9.91 Å². The van der Waals surface area contributed by atoms with Crippen molar-refractivity contribution >= 4 is 28.9 Å². The van der Waals surface area contributed by atoms with Crippen LogP contribution in [-0.4, -0.2) is 33.0 Å². The SMILES string of the molecule is C/C(=N/N1C(=O)CN(Cc2ccccc2)[C@@H]1c1cccc([N+](=O)[O-])c1)c1ccc(Cl)cc1. The predicted octanol–water partition coefficient (Wildman–Crippen LogP) is 5.02. The monoisotopic (exact) mass is 448 g/mol. The second kappa shape index (κ2) is 9.30. The molecular weight excluding hydrogens is 428 g/mol. The number of benzene rings is 3. The third-order valence-electron chi connectivity index (χ3n) is 5.30. The highest BCUT2D eigenvalue weighted by atomic mass is 35.5. The number of rotatable bonds is 6. The van der Waals surface area contributed by atoms with Gasteiger partial charge in [-0.1, -0.05) is 66.2 Å². The van der Waals surface area contributed by atoms with E-state index in [1.54, 1.807) is 24.3 Å². The Kier molecular flexibility index (Phi) is 6.30. The highest BCUT2D eigenvalue weighted by Crippen LogP contribution is 2.34. The zero-order valence-corrected chi connectivity index (χ0v) is 18.1. The molecule has 0 radical (unpaired) electrons. The number of carbonyl (C=O) groups is 1. The maximum Gasteiger partial charge on any atom is 0.269 e. The summed E-state index contributed by atoms with van der Waals surface area (Å²) in [6, 6.07) is 23.4. The van der Waals surface area contributed by atoms with E-state index in [4.69, 9.17) is 11.6 Å². The Balaban J connectivity index is 1.74. The Bertz CT molecular complexity index is 1170. The Morgan fingerprint density at radius 3 is 2.50 bits per heavy atom. The van der Waals surface area contributed by atoms with Gasteiger partial charge in [0.25, 0.3) is 11.6 Å². The molecule has 1 aliphatic rings. The summed E-state index contributed by atoms with van der Waals surface area (Å²) in [5.74, 6) is -0.175. The molecule has 3 aromatic rings. The van der Waals surface area contributed by atoms with E-state index in [1.807, 2.05) is 54.3 Å². The molecule has 0 bridgehead atoms. The van der Waals surface area contributed by atoms with Gasteiger partial charge in [0.2, 0.25) is 0 Å². The normalized spacial score (nSPS) is 17.1. The summed E-state index contributed by atoms with van der Waals surface area (Å²) in [6.07, 6.45) is -0.565. The molecule has 1 aliphatic heterocycles. The Morgan fingerprint density at radius 2 is 1.81 bits per heavy atom. The number of hydrazone groups is 1. The van der Waals surface area contributed by atoms with Crippen molar-refractivity contribution in [3.8, 4) is 0 Å². The molecule has 0 aliphatic carbocycles. The van der Waals surface area contributed by atoms with Crippen molar-refractivity contribution in [2.45, 2.75) is 19.6 Å². The standard InChI is InChI=1S/C24H21ClN4O3/c1-17(19-10-12-21(25)13-11-19)26-28-23(30)16-27(15-18-6-3-2-4-7-18)24(28)20-8-5-9-22(14-20)29(31)32/h2-14,24H,15-16H2,1H3/b26-17-/t24-/m0/s1. The molecule has 0 saturated carbocycles. The third-order valence-corrected chi connectivity index (χ3v) is 5.55. The minimum Gasteiger partial charge on any atom is -0.271 e. The number of carbonyl (C=O) groups excluding carboxylic acids is 1. The highest BCUT2D eigenvalue weighted by Gasteiger charge is 2.39. The topological polar surface area (TPSA) is 79.0 Å². The number of halogens is 1. The fourth-order valence-electron chi connectivity index (χ4n) is 3.76. The number of hydrogen-bond acceptors (Lipinski definition) is 5. The van der Waals surface area contributed by atoms with Crippen LogP contribution in [0.5, 0.6) is 0 Å². The lowest BCUT2D eigenvalue weighted by atomic mass is 10.1. The maximum atomic E-state index is 13.0. The molecule has 0 aromatic heterocycles. The average molecular weight is 449 g/mol. The average Bonchev–Trinajstić information content (AvgIpc) is 3.09. The van der Waals surface area contributed by atoms with Gasteiger partial charge in [0.1, 0.15) is 6.17 Å². The van der Waals surface area contributed by atoms with Crippen molar-refractivity contribution in [2.75, 3.05) is 6.54 Å². The highest BCUT2D eigenvalue weighted by molar-refractivity contribution is 6.30. The minimum atomic E-state index is -0.565. The number of nitro benzene ring substituents is 1. The van der Waals surface area contributed by atoms with Gasteiger partial charge in [0.05, 0.1) is 17.2 Å². The summed E-state index contributed by atoms with van der Waals surface area (Å²) < 4.78 is 0. The lowest BCUT2D eigenvalue weighted by molar-refractivity contribution is -0.385. The van der Waals surface area contributed by atoms with Crippen LogP contribution in [0.1, 0.15) is 29.8 Å². The van der Waals surface area contributed by atoms with E-state index in [0.29, 0.717) is 22.8 Å². The molecule has 1 saturated heterocycles. The summed E-state index contributed by atoms with van der Waals surface area (Å²) in [4.78, 5) is 25.9. The predicted molar refractivity (Wildman–Crippen MR) is 123 cm³/mol. The van der Waals surface area contributed by atoms with Crippen molar-refractivity contribution in [3.63, 3.8) is 0 Å². The van der Waals surface area contributed by atoms with Crippen LogP contribution < -0.4 is 0 Å². The van der Waals surface area contributed by atoms with E-state index in [0.717, 1.165) is 11.1 Å². The van der Waals surface area contributed by atoms with Gasteiger partial charge in [-0.05, 0) is 35.7 Å². The molecule has 0 N–H and O–H groups in total. The van der Waals surface area contributed by atoms with Gasteiger partial charge in [0.15, 0.2) is 0 Å². The lowest BCUT2D eigenvalue weighted by Crippen LogP contribution is -2.29. The molecular formula is C24H21ClN4O3. The fraction of sp³-hybridized carbons (Fsp3) is 0.167. The first-order chi connectivity index (χ1) is 15.4. The van der Waals surface area contributed by atoms with E-state index in [-0.39, 0.29) is 18.1 Å². The van der Waals surface area contributed by atoms with Crippen molar-refractivity contribution in [2.24, 2.45) is 5.10 Å². The van der Waals surface area contributed by atoms with Gasteiger partial charge in [-0.2, -0.15) is 5.10 Å². The van der Waals surface area contributed by atoms with E-state index < -0.39 is 11.1 Å². The number of nitro groups is 1. The smallest absolute Gasteiger partial charge is 0.269 e. The van der Waals surface area contributed by atoms with Crippen LogP contribution in [0.25, 0.3) is 0 Å². The summed E-state index contributed by atoms with van der Waals surface area (Å²) in [5.41, 5.74) is 3.12. The number of non-ortho nitro benzene ring substituents is 1. The molecule has 1 amide bonds. The largest absolute Gasteiger partial charge is 0.271 e. The van der Waals surface area contributed by atoms with Gasteiger partial charge in [-0.25, -0.2) is 5.01 Å². The summed E-state index contributed by atoms with van der Waals surface area (Å²) in [5, 5.41) is 18.0. The van der Waals surface area contributed by atoms with Crippen LogP contribution in [0.4, 0.5) is 5.69 Å². The summed E-state index contributed by atoms with van der Waals surface area (Å²) >= 11 is 5.98. The Labute approximate surface area is 190 Å². The van der Waals surface area contributed by atoms with Crippen LogP contribution in [0.15, 0.2) is 84.0 Å². The molecule has 1 heterocycles. The van der Waals surface area contributed by atoms with Gasteiger partial charge < -0.3 is 0 Å². The van der Waals surface area contributed by atoms with Crippen LogP contribution >= 0.6 is 11.6 Å². The van der Waals surface area contributed by atoms with Gasteiger partial charge in [-0.15, -0.1) is 0 Å². The molecule has 4 rings (SSSR count). The second-order valence-corrected chi connectivity index (χ2v) is 7.98. The van der Waals surface area contributed by atoms with Crippen LogP contribution in [0.2, 0.25) is 5.02 Å². The quantitative estimate of drug-likeness (QED) is 0.301. The first kappa shape index (κ1) is 21.7. The zero-order valence-electron chi connectivity index (χ0n) is 17.4. The molecule has 8 heteroatoms. The molecule has 162 valence electrons. The van der Waals surface area contributed by atoms with E-state index in [9.17, 15) is 14.9 Å². The molecule has 32 heavy (non-hydrogen) atoms. The number of nitrogens with zero attached hydrogens (tertiary/aromatic N) is 4. The van der Waals surface area contributed by atoms with E-state index >= 15 is 0 Å². The van der Waals surface area contributed by atoms with E-state index in [1.165, 1.54) is 17.1 Å². The first-order valence-corrected chi connectivity index (χ1v) is 10.5. The Hall–Kier alpha value is -3.55. The Morgan fingerprint density at radius 1 is 1.09 bits per heavy atom. The molecule has 7 nitrogen and oxygen atoms in total. The summed E-state index contributed by atoms with van der Waals surface area (Å²) in [7, 11) is 0. The fourth-order valence-corrected chi connectivity index (χ4v) is 3.88. The van der Waals surface area contributed by atoms with Crippen LogP contribution in [-0.2, 0) is 11.3 Å². The zero-order chi connectivity index (χ0) is 22.7. The maximum absolute atomic E-state index is 13.0. The molecule has 1 atom stereocenters. The first-order valence-electron chi connectivity index (χ1n) is 10.1.